The van der Waals surface area contributed by atoms with Gasteiger partial charge in [0.25, 0.3) is 17.4 Å². The standard InChI is InChI=1S/C19H21N3O5/c1-26-14-10-13(11-15(12-14)27-2)18(24)21-6-8-22(9-7-21)19(25)16-4-3-5-20-17(16)23/h3-5,10-12H,6-9H2,1-2H3,(H,20,23). The third-order valence-corrected chi connectivity index (χ3v) is 4.50. The van der Waals surface area contributed by atoms with E-state index >= 15 is 0 Å². The molecule has 1 aliphatic heterocycles. The van der Waals surface area contributed by atoms with Gasteiger partial charge < -0.3 is 24.3 Å². The number of hydrogen-bond acceptors (Lipinski definition) is 5. The number of nitrogens with one attached hydrogen (secondary N) is 1. The van der Waals surface area contributed by atoms with Crippen LogP contribution >= 0.6 is 0 Å². The lowest BCUT2D eigenvalue weighted by Gasteiger charge is -2.34. The Labute approximate surface area is 156 Å². The lowest BCUT2D eigenvalue weighted by atomic mass is 10.1. The SMILES string of the molecule is COc1cc(OC)cc(C(=O)N2CCN(C(=O)c3ccc[nH]c3=O)CC2)c1. The molecule has 1 aromatic heterocycles. The van der Waals surface area contributed by atoms with Crippen LogP contribution in [0.1, 0.15) is 20.7 Å². The summed E-state index contributed by atoms with van der Waals surface area (Å²) in [5.41, 5.74) is 0.157. The van der Waals surface area contributed by atoms with Gasteiger partial charge in [-0.2, -0.15) is 0 Å². The fourth-order valence-electron chi connectivity index (χ4n) is 2.99. The summed E-state index contributed by atoms with van der Waals surface area (Å²) in [6.45, 7) is 1.49. The molecule has 0 aliphatic carbocycles. The van der Waals surface area contributed by atoms with Crippen LogP contribution in [0.15, 0.2) is 41.3 Å². The van der Waals surface area contributed by atoms with Crippen molar-refractivity contribution in [3.05, 3.63) is 58.0 Å². The number of piperazine rings is 1. The highest BCUT2D eigenvalue weighted by Crippen LogP contribution is 2.23. The van der Waals surface area contributed by atoms with E-state index in [0.717, 1.165) is 0 Å². The summed E-state index contributed by atoms with van der Waals surface area (Å²) < 4.78 is 10.4. The van der Waals surface area contributed by atoms with Crippen LogP contribution < -0.4 is 15.0 Å². The van der Waals surface area contributed by atoms with Crippen LogP contribution in [0, 0.1) is 0 Å². The number of pyridine rings is 1. The smallest absolute Gasteiger partial charge is 0.260 e. The molecule has 0 unspecified atom stereocenters. The fraction of sp³-hybridized carbons (Fsp3) is 0.316. The van der Waals surface area contributed by atoms with E-state index in [1.165, 1.54) is 26.5 Å². The number of benzene rings is 1. The normalized spacial score (nSPS) is 14.0. The number of nitrogens with zero attached hydrogens (tertiary/aromatic N) is 2. The van der Waals surface area contributed by atoms with Crippen molar-refractivity contribution >= 4 is 11.8 Å². The molecule has 2 aromatic rings. The minimum Gasteiger partial charge on any atom is -0.497 e. The first kappa shape index (κ1) is 18.5. The van der Waals surface area contributed by atoms with Crippen molar-refractivity contribution in [2.75, 3.05) is 40.4 Å². The van der Waals surface area contributed by atoms with Crippen LogP contribution in [0.5, 0.6) is 11.5 Å². The van der Waals surface area contributed by atoms with E-state index in [0.29, 0.717) is 43.2 Å². The Morgan fingerprint density at radius 2 is 1.48 bits per heavy atom. The van der Waals surface area contributed by atoms with Crippen molar-refractivity contribution in [2.24, 2.45) is 0 Å². The van der Waals surface area contributed by atoms with E-state index in [4.69, 9.17) is 9.47 Å². The number of carbonyl (C=O) groups is 2. The van der Waals surface area contributed by atoms with E-state index in [1.54, 1.807) is 34.1 Å². The highest BCUT2D eigenvalue weighted by atomic mass is 16.5. The van der Waals surface area contributed by atoms with Crippen LogP contribution in [-0.2, 0) is 0 Å². The number of carbonyl (C=O) groups excluding carboxylic acids is 2. The van der Waals surface area contributed by atoms with Gasteiger partial charge in [0.05, 0.1) is 14.2 Å². The summed E-state index contributed by atoms with van der Waals surface area (Å²) in [4.78, 5) is 42.8. The third kappa shape index (κ3) is 3.94. The average Bonchev–Trinajstić information content (AvgIpc) is 2.72. The molecular formula is C19H21N3O5. The molecular weight excluding hydrogens is 350 g/mol. The minimum absolute atomic E-state index is 0.106. The molecule has 0 atom stereocenters. The molecule has 1 N–H and O–H groups in total. The van der Waals surface area contributed by atoms with Crippen LogP contribution in [0.4, 0.5) is 0 Å². The summed E-state index contributed by atoms with van der Waals surface area (Å²) in [6.07, 6.45) is 1.48. The van der Waals surface area contributed by atoms with E-state index in [9.17, 15) is 14.4 Å². The second-order valence-electron chi connectivity index (χ2n) is 6.10. The van der Waals surface area contributed by atoms with Crippen molar-refractivity contribution in [3.8, 4) is 11.5 Å². The van der Waals surface area contributed by atoms with Gasteiger partial charge in [-0.3, -0.25) is 14.4 Å². The van der Waals surface area contributed by atoms with Gasteiger partial charge >= 0.3 is 0 Å². The molecule has 1 saturated heterocycles. The maximum absolute atomic E-state index is 12.8. The molecule has 27 heavy (non-hydrogen) atoms. The second kappa shape index (κ2) is 7.94. The van der Waals surface area contributed by atoms with Crippen molar-refractivity contribution in [1.82, 2.24) is 14.8 Å². The number of rotatable bonds is 4. The first-order valence-corrected chi connectivity index (χ1v) is 8.53. The number of methoxy groups -OCH3 is 2. The third-order valence-electron chi connectivity index (χ3n) is 4.50. The van der Waals surface area contributed by atoms with Crippen LogP contribution in [0.25, 0.3) is 0 Å². The fourth-order valence-corrected chi connectivity index (χ4v) is 2.99. The van der Waals surface area contributed by atoms with Crippen LogP contribution in [0.3, 0.4) is 0 Å². The summed E-state index contributed by atoms with van der Waals surface area (Å²) >= 11 is 0. The van der Waals surface area contributed by atoms with Crippen molar-refractivity contribution in [3.63, 3.8) is 0 Å². The quantitative estimate of drug-likeness (QED) is 0.865. The zero-order chi connectivity index (χ0) is 19.4. The average molecular weight is 371 g/mol. The second-order valence-corrected chi connectivity index (χ2v) is 6.10. The Morgan fingerprint density at radius 3 is 2.00 bits per heavy atom. The Morgan fingerprint density at radius 1 is 0.926 bits per heavy atom. The topological polar surface area (TPSA) is 91.9 Å². The van der Waals surface area contributed by atoms with Crippen LogP contribution in [0.2, 0.25) is 0 Å². The lowest BCUT2D eigenvalue weighted by Crippen LogP contribution is -2.51. The molecule has 3 rings (SSSR count). The monoisotopic (exact) mass is 371 g/mol. The van der Waals surface area contributed by atoms with E-state index in [2.05, 4.69) is 4.98 Å². The Bertz CT molecular complexity index is 878. The van der Waals surface area contributed by atoms with Crippen LogP contribution in [-0.4, -0.2) is 67.0 Å². The molecule has 2 heterocycles. The summed E-state index contributed by atoms with van der Waals surface area (Å²) in [6, 6.07) is 8.13. The Hall–Kier alpha value is -3.29. The molecule has 142 valence electrons. The predicted molar refractivity (Wildman–Crippen MR) is 98.4 cm³/mol. The van der Waals surface area contributed by atoms with E-state index < -0.39 is 5.56 Å². The largest absolute Gasteiger partial charge is 0.497 e. The molecule has 1 aliphatic rings. The maximum atomic E-state index is 12.8. The molecule has 0 spiro atoms. The maximum Gasteiger partial charge on any atom is 0.260 e. The van der Waals surface area contributed by atoms with E-state index in [1.807, 2.05) is 0 Å². The van der Waals surface area contributed by atoms with Gasteiger partial charge in [0, 0.05) is 44.0 Å². The lowest BCUT2D eigenvalue weighted by molar-refractivity contribution is 0.0534. The highest BCUT2D eigenvalue weighted by Gasteiger charge is 2.27. The van der Waals surface area contributed by atoms with Gasteiger partial charge in [0.15, 0.2) is 0 Å². The summed E-state index contributed by atoms with van der Waals surface area (Å²) in [7, 11) is 3.05. The number of amides is 2. The highest BCUT2D eigenvalue weighted by molar-refractivity contribution is 5.96. The number of H-pyrrole nitrogens is 1. The first-order chi connectivity index (χ1) is 13.0. The number of ether oxygens (including phenoxy) is 2. The molecule has 2 amide bonds. The number of hydrogen-bond donors (Lipinski definition) is 1. The molecule has 8 heteroatoms. The molecule has 0 bridgehead atoms. The first-order valence-electron chi connectivity index (χ1n) is 8.53. The van der Waals surface area contributed by atoms with Gasteiger partial charge in [-0.15, -0.1) is 0 Å². The minimum atomic E-state index is -0.413. The molecule has 0 radical (unpaired) electrons. The molecule has 1 fully saturated rings. The predicted octanol–water partition coefficient (Wildman–Crippen LogP) is 0.990. The zero-order valence-electron chi connectivity index (χ0n) is 15.2. The summed E-state index contributed by atoms with van der Waals surface area (Å²) in [5.74, 6) is 0.591. The van der Waals surface area contributed by atoms with E-state index in [-0.39, 0.29) is 17.4 Å². The van der Waals surface area contributed by atoms with Gasteiger partial charge in [-0.1, -0.05) is 0 Å². The van der Waals surface area contributed by atoms with Crippen molar-refractivity contribution < 1.29 is 19.1 Å². The van der Waals surface area contributed by atoms with Crippen molar-refractivity contribution in [2.45, 2.75) is 0 Å². The molecule has 1 aromatic carbocycles. The van der Waals surface area contributed by atoms with Crippen molar-refractivity contribution in [1.29, 1.82) is 0 Å². The Balaban J connectivity index is 1.69. The number of aromatic amines is 1. The molecule has 8 nitrogen and oxygen atoms in total. The Kier molecular flexibility index (Phi) is 5.44. The van der Waals surface area contributed by atoms with Gasteiger partial charge in [0.2, 0.25) is 0 Å². The van der Waals surface area contributed by atoms with Gasteiger partial charge in [-0.25, -0.2) is 0 Å². The zero-order valence-corrected chi connectivity index (χ0v) is 15.2. The summed E-state index contributed by atoms with van der Waals surface area (Å²) in [5, 5.41) is 0. The number of aromatic nitrogens is 1. The van der Waals surface area contributed by atoms with Gasteiger partial charge in [-0.05, 0) is 24.3 Å². The molecule has 0 saturated carbocycles. The van der Waals surface area contributed by atoms with Gasteiger partial charge in [0.1, 0.15) is 17.1 Å².